The molecule has 1 aromatic rings. The van der Waals surface area contributed by atoms with E-state index < -0.39 is 0 Å². The van der Waals surface area contributed by atoms with Crippen LogP contribution in [0.1, 0.15) is 12.5 Å². The van der Waals surface area contributed by atoms with Crippen molar-refractivity contribution in [2.45, 2.75) is 13.5 Å². The van der Waals surface area contributed by atoms with E-state index >= 15 is 0 Å². The fourth-order valence-corrected chi connectivity index (χ4v) is 1.91. The zero-order valence-corrected chi connectivity index (χ0v) is 10.5. The molecule has 0 spiro atoms. The van der Waals surface area contributed by atoms with Crippen molar-refractivity contribution < 1.29 is 9.84 Å². The van der Waals surface area contributed by atoms with Gasteiger partial charge in [0, 0.05) is 25.8 Å². The average Bonchev–Trinajstić information content (AvgIpc) is 2.28. The molecule has 0 radical (unpaired) electrons. The summed E-state index contributed by atoms with van der Waals surface area (Å²) in [5.41, 5.74) is 1.72. The minimum Gasteiger partial charge on any atom is -0.392 e. The molecule has 0 aromatic heterocycles. The maximum Gasteiger partial charge on any atom is 0.0702 e. The van der Waals surface area contributed by atoms with Gasteiger partial charge in [0.1, 0.15) is 0 Å². The normalized spacial score (nSPS) is 10.5. The summed E-state index contributed by atoms with van der Waals surface area (Å²) in [5.74, 6) is 0. The molecule has 0 amide bonds. The molecule has 3 nitrogen and oxygen atoms in total. The van der Waals surface area contributed by atoms with Crippen molar-refractivity contribution in [2.75, 3.05) is 31.7 Å². The molecule has 0 fully saturated rings. The second-order valence-electron chi connectivity index (χ2n) is 3.52. The highest BCUT2D eigenvalue weighted by Gasteiger charge is 2.10. The summed E-state index contributed by atoms with van der Waals surface area (Å²) >= 11 is 6.12. The van der Waals surface area contributed by atoms with Gasteiger partial charge in [-0.25, -0.2) is 0 Å². The Morgan fingerprint density at radius 1 is 1.44 bits per heavy atom. The first kappa shape index (κ1) is 13.3. The van der Waals surface area contributed by atoms with E-state index in [1.54, 1.807) is 0 Å². The Bertz CT molecular complexity index is 331. The Balaban J connectivity index is 2.76. The quantitative estimate of drug-likeness (QED) is 0.779. The molecular weight excluding hydrogens is 226 g/mol. The number of ether oxygens (including phenoxy) is 1. The third kappa shape index (κ3) is 3.37. The number of anilines is 1. The fraction of sp³-hybridized carbons (Fsp3) is 0.500. The molecule has 0 saturated carbocycles. The SMILES string of the molecule is CCOCCN(C)c1c(Cl)cccc1CO. The third-order valence-electron chi connectivity index (χ3n) is 2.40. The van der Waals surface area contributed by atoms with E-state index in [4.69, 9.17) is 16.3 Å². The third-order valence-corrected chi connectivity index (χ3v) is 2.70. The van der Waals surface area contributed by atoms with Crippen molar-refractivity contribution in [1.29, 1.82) is 0 Å². The smallest absolute Gasteiger partial charge is 0.0702 e. The fourth-order valence-electron chi connectivity index (χ4n) is 1.57. The molecule has 0 bridgehead atoms. The van der Waals surface area contributed by atoms with Gasteiger partial charge in [0.25, 0.3) is 0 Å². The van der Waals surface area contributed by atoms with Gasteiger partial charge in [-0.3, -0.25) is 0 Å². The second kappa shape index (κ2) is 6.74. The molecule has 1 N–H and O–H groups in total. The van der Waals surface area contributed by atoms with Crippen LogP contribution in [0.15, 0.2) is 18.2 Å². The first-order chi connectivity index (χ1) is 7.70. The predicted molar refractivity (Wildman–Crippen MR) is 67.1 cm³/mol. The summed E-state index contributed by atoms with van der Waals surface area (Å²) in [6.45, 7) is 4.08. The molecule has 90 valence electrons. The van der Waals surface area contributed by atoms with Crippen LogP contribution in [0.25, 0.3) is 0 Å². The van der Waals surface area contributed by atoms with Gasteiger partial charge < -0.3 is 14.7 Å². The largest absolute Gasteiger partial charge is 0.392 e. The van der Waals surface area contributed by atoms with Crippen molar-refractivity contribution in [3.8, 4) is 0 Å². The van der Waals surface area contributed by atoms with E-state index in [1.165, 1.54) is 0 Å². The first-order valence-corrected chi connectivity index (χ1v) is 5.75. The molecule has 0 aliphatic rings. The lowest BCUT2D eigenvalue weighted by atomic mass is 10.1. The average molecular weight is 244 g/mol. The van der Waals surface area contributed by atoms with Gasteiger partial charge in [0.15, 0.2) is 0 Å². The molecule has 0 atom stereocenters. The van der Waals surface area contributed by atoms with Gasteiger partial charge in [0.2, 0.25) is 0 Å². The maximum absolute atomic E-state index is 9.25. The van der Waals surface area contributed by atoms with E-state index in [1.807, 2.05) is 37.1 Å². The number of nitrogens with zero attached hydrogens (tertiary/aromatic N) is 1. The maximum atomic E-state index is 9.25. The van der Waals surface area contributed by atoms with Crippen molar-refractivity contribution in [2.24, 2.45) is 0 Å². The van der Waals surface area contributed by atoms with Crippen LogP contribution in [0.4, 0.5) is 5.69 Å². The summed E-state index contributed by atoms with van der Waals surface area (Å²) in [6.07, 6.45) is 0. The monoisotopic (exact) mass is 243 g/mol. The predicted octanol–water partition coefficient (Wildman–Crippen LogP) is 2.31. The zero-order valence-electron chi connectivity index (χ0n) is 9.74. The highest BCUT2D eigenvalue weighted by Crippen LogP contribution is 2.28. The standard InChI is InChI=1S/C12H18ClNO2/c1-3-16-8-7-14(2)12-10(9-15)5-4-6-11(12)13/h4-6,15H,3,7-9H2,1-2H3. The Morgan fingerprint density at radius 3 is 2.81 bits per heavy atom. The van der Waals surface area contributed by atoms with E-state index in [9.17, 15) is 5.11 Å². The molecule has 1 aromatic carbocycles. The molecule has 0 unspecified atom stereocenters. The lowest BCUT2D eigenvalue weighted by Gasteiger charge is -2.23. The summed E-state index contributed by atoms with van der Waals surface area (Å²) in [4.78, 5) is 2.00. The van der Waals surface area contributed by atoms with Crippen LogP contribution in [0.3, 0.4) is 0 Å². The number of hydrogen-bond donors (Lipinski definition) is 1. The van der Waals surface area contributed by atoms with E-state index in [0.717, 1.165) is 17.8 Å². The van der Waals surface area contributed by atoms with Crippen LogP contribution in [0.5, 0.6) is 0 Å². The number of likely N-dealkylation sites (N-methyl/N-ethyl adjacent to an activating group) is 1. The Labute approximate surface area is 102 Å². The van der Waals surface area contributed by atoms with Crippen LogP contribution in [0, 0.1) is 0 Å². The van der Waals surface area contributed by atoms with Gasteiger partial charge in [-0.2, -0.15) is 0 Å². The van der Waals surface area contributed by atoms with E-state index in [-0.39, 0.29) is 6.61 Å². The van der Waals surface area contributed by atoms with Crippen LogP contribution in [-0.4, -0.2) is 31.9 Å². The molecule has 0 saturated heterocycles. The van der Waals surface area contributed by atoms with Crippen molar-refractivity contribution >= 4 is 17.3 Å². The molecular formula is C12H18ClNO2. The summed E-state index contributed by atoms with van der Waals surface area (Å²) < 4.78 is 5.29. The zero-order chi connectivity index (χ0) is 12.0. The van der Waals surface area contributed by atoms with E-state index in [2.05, 4.69) is 0 Å². The summed E-state index contributed by atoms with van der Waals surface area (Å²) in [5, 5.41) is 9.90. The molecule has 1 rings (SSSR count). The highest BCUT2D eigenvalue weighted by atomic mass is 35.5. The van der Waals surface area contributed by atoms with Gasteiger partial charge in [-0.15, -0.1) is 0 Å². The van der Waals surface area contributed by atoms with Gasteiger partial charge in [-0.1, -0.05) is 23.7 Å². The summed E-state index contributed by atoms with van der Waals surface area (Å²) in [7, 11) is 1.94. The van der Waals surface area contributed by atoms with Crippen molar-refractivity contribution in [3.05, 3.63) is 28.8 Å². The van der Waals surface area contributed by atoms with Crippen LogP contribution in [0.2, 0.25) is 5.02 Å². The second-order valence-corrected chi connectivity index (χ2v) is 3.93. The van der Waals surface area contributed by atoms with Crippen LogP contribution >= 0.6 is 11.6 Å². The van der Waals surface area contributed by atoms with Crippen LogP contribution < -0.4 is 4.90 Å². The Hall–Kier alpha value is -0.770. The number of hydrogen-bond acceptors (Lipinski definition) is 3. The Morgan fingerprint density at radius 2 is 2.19 bits per heavy atom. The molecule has 0 heterocycles. The molecule has 4 heteroatoms. The Kier molecular flexibility index (Phi) is 5.60. The summed E-state index contributed by atoms with van der Waals surface area (Å²) in [6, 6.07) is 5.54. The molecule has 0 aliphatic carbocycles. The number of para-hydroxylation sites is 1. The minimum atomic E-state index is -0.00509. The highest BCUT2D eigenvalue weighted by molar-refractivity contribution is 6.33. The minimum absolute atomic E-state index is 0.00509. The number of aliphatic hydroxyl groups excluding tert-OH is 1. The van der Waals surface area contributed by atoms with Crippen LogP contribution in [-0.2, 0) is 11.3 Å². The van der Waals surface area contributed by atoms with Gasteiger partial charge in [-0.05, 0) is 13.0 Å². The van der Waals surface area contributed by atoms with Gasteiger partial charge >= 0.3 is 0 Å². The topological polar surface area (TPSA) is 32.7 Å². The van der Waals surface area contributed by atoms with E-state index in [0.29, 0.717) is 18.2 Å². The lowest BCUT2D eigenvalue weighted by Crippen LogP contribution is -2.24. The van der Waals surface area contributed by atoms with Crippen molar-refractivity contribution in [1.82, 2.24) is 0 Å². The van der Waals surface area contributed by atoms with Gasteiger partial charge in [0.05, 0.1) is 23.9 Å². The molecule has 16 heavy (non-hydrogen) atoms. The number of aliphatic hydroxyl groups is 1. The number of halogens is 1. The number of rotatable bonds is 6. The molecule has 0 aliphatic heterocycles. The lowest BCUT2D eigenvalue weighted by molar-refractivity contribution is 0.154. The van der Waals surface area contributed by atoms with Crippen molar-refractivity contribution in [3.63, 3.8) is 0 Å². The number of benzene rings is 1. The first-order valence-electron chi connectivity index (χ1n) is 5.37.